The van der Waals surface area contributed by atoms with Crippen molar-refractivity contribution in [3.05, 3.63) is 52.9 Å². The van der Waals surface area contributed by atoms with Crippen molar-refractivity contribution in [3.8, 4) is 12.1 Å². The number of nitriles is 2. The number of hydrogen-bond donors (Lipinski definition) is 0. The topological polar surface area (TPSA) is 90.9 Å². The molecular formula is C16H5F6N5O. The van der Waals surface area contributed by atoms with Gasteiger partial charge in [0.25, 0.3) is 0 Å². The molecule has 0 saturated carbocycles. The molecule has 3 aromatic heterocycles. The van der Waals surface area contributed by atoms with Crippen molar-refractivity contribution in [3.63, 3.8) is 0 Å². The number of alkyl halides is 6. The lowest BCUT2D eigenvalue weighted by atomic mass is 10.1. The van der Waals surface area contributed by atoms with Crippen molar-refractivity contribution >= 4 is 17.3 Å². The SMILES string of the molecule is N#C/C(=C\c1ccoc1)c1nn2c(C(F)(F)F)cc(C(F)(F)F)nc2c1C#N. The molecular weight excluding hydrogens is 392 g/mol. The Labute approximate surface area is 151 Å². The molecule has 0 aliphatic carbocycles. The highest BCUT2D eigenvalue weighted by atomic mass is 19.4. The highest BCUT2D eigenvalue weighted by Crippen LogP contribution is 2.36. The minimum atomic E-state index is -5.22. The van der Waals surface area contributed by atoms with Gasteiger partial charge in [-0.25, -0.2) is 9.50 Å². The second-order valence-corrected chi connectivity index (χ2v) is 5.32. The predicted octanol–water partition coefficient (Wildman–Crippen LogP) is 4.30. The summed E-state index contributed by atoms with van der Waals surface area (Å²) in [7, 11) is 0. The molecule has 6 nitrogen and oxygen atoms in total. The molecule has 0 unspecified atom stereocenters. The molecule has 0 saturated heterocycles. The molecule has 0 aliphatic heterocycles. The van der Waals surface area contributed by atoms with Crippen molar-refractivity contribution in [1.82, 2.24) is 14.6 Å². The van der Waals surface area contributed by atoms with E-state index in [2.05, 4.69) is 10.1 Å². The smallest absolute Gasteiger partial charge is 0.433 e. The van der Waals surface area contributed by atoms with Crippen LogP contribution in [0.2, 0.25) is 0 Å². The van der Waals surface area contributed by atoms with Crippen LogP contribution in [0.1, 0.15) is 28.2 Å². The van der Waals surface area contributed by atoms with Gasteiger partial charge in [-0.3, -0.25) is 0 Å². The van der Waals surface area contributed by atoms with E-state index in [1.807, 2.05) is 0 Å². The van der Waals surface area contributed by atoms with Gasteiger partial charge in [0.15, 0.2) is 11.3 Å². The summed E-state index contributed by atoms with van der Waals surface area (Å²) in [5, 5.41) is 22.2. The molecule has 0 bridgehead atoms. The Morgan fingerprint density at radius 3 is 2.36 bits per heavy atom. The fourth-order valence-electron chi connectivity index (χ4n) is 2.33. The Morgan fingerprint density at radius 1 is 1.14 bits per heavy atom. The van der Waals surface area contributed by atoms with Crippen molar-refractivity contribution in [1.29, 1.82) is 10.5 Å². The molecule has 3 rings (SSSR count). The molecule has 0 aromatic carbocycles. The monoisotopic (exact) mass is 397 g/mol. The van der Waals surface area contributed by atoms with Gasteiger partial charge in [0, 0.05) is 5.56 Å². The zero-order chi connectivity index (χ0) is 20.7. The summed E-state index contributed by atoms with van der Waals surface area (Å²) in [6, 6.07) is 4.34. The predicted molar refractivity (Wildman–Crippen MR) is 79.9 cm³/mol. The molecule has 3 heterocycles. The quantitative estimate of drug-likeness (QED) is 0.475. The van der Waals surface area contributed by atoms with E-state index in [9.17, 15) is 36.9 Å². The molecule has 12 heteroatoms. The third-order valence-corrected chi connectivity index (χ3v) is 3.51. The highest BCUT2D eigenvalue weighted by molar-refractivity contribution is 5.91. The van der Waals surface area contributed by atoms with Gasteiger partial charge in [-0.1, -0.05) is 0 Å². The van der Waals surface area contributed by atoms with E-state index in [0.29, 0.717) is 5.56 Å². The number of halogens is 6. The summed E-state index contributed by atoms with van der Waals surface area (Å²) in [4.78, 5) is 3.12. The fraction of sp³-hybridized carbons (Fsp3) is 0.125. The lowest BCUT2D eigenvalue weighted by molar-refractivity contribution is -0.148. The molecule has 3 aromatic rings. The molecule has 28 heavy (non-hydrogen) atoms. The van der Waals surface area contributed by atoms with Gasteiger partial charge in [0.2, 0.25) is 0 Å². The summed E-state index contributed by atoms with van der Waals surface area (Å²) in [6.07, 6.45) is -6.79. The summed E-state index contributed by atoms with van der Waals surface area (Å²) < 4.78 is 83.7. The number of fused-ring (bicyclic) bond motifs is 1. The standard InChI is InChI=1S/C16H5F6N5O/c17-15(18,19)11-4-12(16(20,21)22)27-14(25-11)10(6-24)13(26-27)9(5-23)3-8-1-2-28-7-8/h1-4,7H/b9-3+. The maximum atomic E-state index is 13.3. The van der Waals surface area contributed by atoms with Crippen molar-refractivity contribution < 1.29 is 30.8 Å². The third kappa shape index (κ3) is 3.27. The Morgan fingerprint density at radius 2 is 1.86 bits per heavy atom. The minimum Gasteiger partial charge on any atom is -0.472 e. The Kier molecular flexibility index (Phi) is 4.35. The largest absolute Gasteiger partial charge is 0.472 e. The van der Waals surface area contributed by atoms with Crippen LogP contribution in [0.15, 0.2) is 29.1 Å². The van der Waals surface area contributed by atoms with Crippen LogP contribution in [0.25, 0.3) is 17.3 Å². The van der Waals surface area contributed by atoms with Crippen LogP contribution >= 0.6 is 0 Å². The minimum absolute atomic E-state index is 0.0731. The van der Waals surface area contributed by atoms with Crippen LogP contribution in [-0.4, -0.2) is 14.6 Å². The van der Waals surface area contributed by atoms with E-state index < -0.39 is 40.6 Å². The van der Waals surface area contributed by atoms with E-state index >= 15 is 0 Å². The van der Waals surface area contributed by atoms with Crippen molar-refractivity contribution in [2.24, 2.45) is 0 Å². The first-order valence-corrected chi connectivity index (χ1v) is 7.19. The molecule has 0 radical (unpaired) electrons. The molecule has 0 amide bonds. The van der Waals surface area contributed by atoms with Gasteiger partial charge in [-0.15, -0.1) is 0 Å². The van der Waals surface area contributed by atoms with E-state index in [1.165, 1.54) is 24.7 Å². The van der Waals surface area contributed by atoms with Gasteiger partial charge in [0.05, 0.1) is 18.1 Å². The van der Waals surface area contributed by atoms with E-state index in [1.54, 1.807) is 6.07 Å². The zero-order valence-corrected chi connectivity index (χ0v) is 13.3. The Bertz CT molecular complexity index is 1160. The normalized spacial score (nSPS) is 12.8. The van der Waals surface area contributed by atoms with E-state index in [-0.39, 0.29) is 16.2 Å². The summed E-state index contributed by atoms with van der Waals surface area (Å²) >= 11 is 0. The summed E-state index contributed by atoms with van der Waals surface area (Å²) in [6.45, 7) is 0. The first kappa shape index (κ1) is 19.0. The maximum Gasteiger partial charge on any atom is 0.433 e. The summed E-state index contributed by atoms with van der Waals surface area (Å²) in [5.41, 5.74) is -5.85. The van der Waals surface area contributed by atoms with Gasteiger partial charge in [-0.05, 0) is 18.2 Å². The van der Waals surface area contributed by atoms with Crippen LogP contribution in [-0.2, 0) is 12.4 Å². The number of aromatic nitrogens is 3. The van der Waals surface area contributed by atoms with Gasteiger partial charge >= 0.3 is 12.4 Å². The van der Waals surface area contributed by atoms with Crippen molar-refractivity contribution in [2.75, 3.05) is 0 Å². The number of rotatable bonds is 2. The van der Waals surface area contributed by atoms with E-state index in [0.717, 1.165) is 6.08 Å². The number of allylic oxidation sites excluding steroid dienone is 1. The van der Waals surface area contributed by atoms with E-state index in [4.69, 9.17) is 4.42 Å². The zero-order valence-electron chi connectivity index (χ0n) is 13.3. The fourth-order valence-corrected chi connectivity index (χ4v) is 2.33. The molecule has 0 N–H and O–H groups in total. The Hall–Kier alpha value is -3.80. The lowest BCUT2D eigenvalue weighted by Crippen LogP contribution is -2.18. The lowest BCUT2D eigenvalue weighted by Gasteiger charge is -2.12. The second kappa shape index (κ2) is 6.42. The average Bonchev–Trinajstić information content (AvgIpc) is 3.23. The van der Waals surface area contributed by atoms with Crippen LogP contribution in [0.5, 0.6) is 0 Å². The van der Waals surface area contributed by atoms with Crippen molar-refractivity contribution in [2.45, 2.75) is 12.4 Å². The van der Waals surface area contributed by atoms with Gasteiger partial charge in [0.1, 0.15) is 29.1 Å². The molecule has 0 aliphatic rings. The first-order chi connectivity index (χ1) is 13.1. The molecule has 0 spiro atoms. The van der Waals surface area contributed by atoms with Gasteiger partial charge < -0.3 is 4.42 Å². The highest BCUT2D eigenvalue weighted by Gasteiger charge is 2.41. The van der Waals surface area contributed by atoms with Crippen LogP contribution in [0.4, 0.5) is 26.3 Å². The summed E-state index contributed by atoms with van der Waals surface area (Å²) in [5.74, 6) is 0. The maximum absolute atomic E-state index is 13.3. The average molecular weight is 397 g/mol. The Balaban J connectivity index is 2.39. The molecule has 0 fully saturated rings. The van der Waals surface area contributed by atoms with Crippen LogP contribution in [0, 0.1) is 22.7 Å². The van der Waals surface area contributed by atoms with Crippen LogP contribution < -0.4 is 0 Å². The third-order valence-electron chi connectivity index (χ3n) is 3.51. The molecule has 0 atom stereocenters. The second-order valence-electron chi connectivity index (χ2n) is 5.32. The molecule has 142 valence electrons. The number of furan rings is 1. The van der Waals surface area contributed by atoms with Gasteiger partial charge in [-0.2, -0.15) is 42.0 Å². The van der Waals surface area contributed by atoms with Crippen LogP contribution in [0.3, 0.4) is 0 Å². The number of hydrogen-bond acceptors (Lipinski definition) is 5. The first-order valence-electron chi connectivity index (χ1n) is 7.19. The number of nitrogens with zero attached hydrogens (tertiary/aromatic N) is 5.